The Morgan fingerprint density at radius 2 is 2.00 bits per heavy atom. The minimum atomic E-state index is -0.0795. The summed E-state index contributed by atoms with van der Waals surface area (Å²) < 4.78 is 5.32. The molecule has 1 fully saturated rings. The van der Waals surface area contributed by atoms with Crippen molar-refractivity contribution in [1.29, 1.82) is 0 Å². The fourth-order valence-corrected chi connectivity index (χ4v) is 3.24. The van der Waals surface area contributed by atoms with Crippen LogP contribution in [0.4, 0.5) is 0 Å². The maximum atomic E-state index is 12.3. The number of fused-ring (bicyclic) bond motifs is 1. The lowest BCUT2D eigenvalue weighted by Gasteiger charge is -2.26. The largest absolute Gasteiger partial charge is 0.379 e. The van der Waals surface area contributed by atoms with Crippen molar-refractivity contribution in [2.45, 2.75) is 0 Å². The molecule has 0 atom stereocenters. The van der Waals surface area contributed by atoms with Crippen molar-refractivity contribution in [3.8, 4) is 11.4 Å². The molecule has 140 valence electrons. The van der Waals surface area contributed by atoms with Crippen molar-refractivity contribution < 1.29 is 9.53 Å². The van der Waals surface area contributed by atoms with Gasteiger partial charge in [-0.2, -0.15) is 0 Å². The molecule has 0 spiro atoms. The maximum absolute atomic E-state index is 12.3. The summed E-state index contributed by atoms with van der Waals surface area (Å²) in [6.45, 7) is 4.81. The second-order valence-corrected chi connectivity index (χ2v) is 6.77. The minimum Gasteiger partial charge on any atom is -0.379 e. The third-order valence-electron chi connectivity index (χ3n) is 4.57. The molecular formula is C19H20ClN5O2. The standard InChI is InChI=1S/C19H20ClN5O2/c20-15-5-6-21-18-16(15)23-17(24-18)13-1-3-14(4-2-13)19(26)22-7-8-25-9-11-27-12-10-25/h1-6H,7-12H2,(H,22,26)(H,21,23,24). The fourth-order valence-electron chi connectivity index (χ4n) is 3.05. The Kier molecular flexibility index (Phi) is 5.33. The number of ether oxygens (including phenoxy) is 1. The number of imidazole rings is 1. The van der Waals surface area contributed by atoms with Crippen LogP contribution in [0.1, 0.15) is 10.4 Å². The lowest BCUT2D eigenvalue weighted by molar-refractivity contribution is 0.0383. The van der Waals surface area contributed by atoms with Gasteiger partial charge < -0.3 is 15.0 Å². The maximum Gasteiger partial charge on any atom is 0.251 e. The molecule has 3 aromatic rings. The number of halogens is 1. The molecule has 7 nitrogen and oxygen atoms in total. The molecule has 0 bridgehead atoms. The lowest BCUT2D eigenvalue weighted by Crippen LogP contribution is -2.41. The number of H-pyrrole nitrogens is 1. The van der Waals surface area contributed by atoms with Crippen molar-refractivity contribution >= 4 is 28.7 Å². The highest BCUT2D eigenvalue weighted by molar-refractivity contribution is 6.34. The number of carbonyl (C=O) groups is 1. The Labute approximate surface area is 161 Å². The van der Waals surface area contributed by atoms with Gasteiger partial charge in [0.2, 0.25) is 0 Å². The number of amides is 1. The molecule has 0 saturated carbocycles. The first-order valence-corrected chi connectivity index (χ1v) is 9.27. The van der Waals surface area contributed by atoms with E-state index in [9.17, 15) is 4.79 Å². The summed E-state index contributed by atoms with van der Waals surface area (Å²) in [5.41, 5.74) is 2.77. The molecule has 1 amide bonds. The lowest BCUT2D eigenvalue weighted by atomic mass is 10.1. The molecule has 8 heteroatoms. The highest BCUT2D eigenvalue weighted by Gasteiger charge is 2.12. The van der Waals surface area contributed by atoms with Crippen LogP contribution in [-0.4, -0.2) is 65.2 Å². The van der Waals surface area contributed by atoms with E-state index >= 15 is 0 Å². The SMILES string of the molecule is O=C(NCCN1CCOCC1)c1ccc(-c2nc3c(Cl)ccnc3[nH]2)cc1. The monoisotopic (exact) mass is 385 g/mol. The molecule has 2 aromatic heterocycles. The second kappa shape index (κ2) is 8.04. The van der Waals surface area contributed by atoms with Crippen LogP contribution in [-0.2, 0) is 4.74 Å². The van der Waals surface area contributed by atoms with E-state index in [1.807, 2.05) is 12.1 Å². The zero-order chi connectivity index (χ0) is 18.6. The van der Waals surface area contributed by atoms with Crippen LogP contribution in [0.5, 0.6) is 0 Å². The predicted molar refractivity (Wildman–Crippen MR) is 104 cm³/mol. The molecular weight excluding hydrogens is 366 g/mol. The number of morpholine rings is 1. The van der Waals surface area contributed by atoms with Gasteiger partial charge in [0.15, 0.2) is 5.65 Å². The van der Waals surface area contributed by atoms with E-state index in [1.165, 1.54) is 0 Å². The van der Waals surface area contributed by atoms with Crippen LogP contribution in [0, 0.1) is 0 Å². The Morgan fingerprint density at radius 1 is 1.22 bits per heavy atom. The second-order valence-electron chi connectivity index (χ2n) is 6.36. The summed E-state index contributed by atoms with van der Waals surface area (Å²) in [5, 5.41) is 3.52. The fraction of sp³-hybridized carbons (Fsp3) is 0.316. The van der Waals surface area contributed by atoms with Gasteiger partial charge in [-0.05, 0) is 18.2 Å². The minimum absolute atomic E-state index is 0.0795. The Bertz CT molecular complexity index is 935. The van der Waals surface area contributed by atoms with Crippen molar-refractivity contribution in [3.63, 3.8) is 0 Å². The van der Waals surface area contributed by atoms with Gasteiger partial charge in [0, 0.05) is 43.5 Å². The van der Waals surface area contributed by atoms with Crippen molar-refractivity contribution in [3.05, 3.63) is 47.1 Å². The molecule has 1 aromatic carbocycles. The van der Waals surface area contributed by atoms with Crippen LogP contribution in [0.2, 0.25) is 5.02 Å². The van der Waals surface area contributed by atoms with Gasteiger partial charge in [-0.15, -0.1) is 0 Å². The number of benzene rings is 1. The first-order valence-electron chi connectivity index (χ1n) is 8.90. The number of nitrogens with one attached hydrogen (secondary N) is 2. The van der Waals surface area contributed by atoms with Crippen LogP contribution >= 0.6 is 11.6 Å². The average molecular weight is 386 g/mol. The number of aromatic amines is 1. The molecule has 0 aliphatic carbocycles. The molecule has 0 radical (unpaired) electrons. The molecule has 2 N–H and O–H groups in total. The molecule has 3 heterocycles. The van der Waals surface area contributed by atoms with Crippen LogP contribution in [0.3, 0.4) is 0 Å². The molecule has 27 heavy (non-hydrogen) atoms. The van der Waals surface area contributed by atoms with Crippen molar-refractivity contribution in [2.24, 2.45) is 0 Å². The summed E-state index contributed by atoms with van der Waals surface area (Å²) in [4.78, 5) is 26.5. The van der Waals surface area contributed by atoms with E-state index in [4.69, 9.17) is 16.3 Å². The van der Waals surface area contributed by atoms with Gasteiger partial charge in [-0.1, -0.05) is 23.7 Å². The van der Waals surface area contributed by atoms with E-state index in [2.05, 4.69) is 25.2 Å². The van der Waals surface area contributed by atoms with Crippen LogP contribution in [0.15, 0.2) is 36.5 Å². The van der Waals surface area contributed by atoms with Gasteiger partial charge in [0.05, 0.1) is 18.2 Å². The summed E-state index contributed by atoms with van der Waals surface area (Å²) in [6, 6.07) is 9.02. The average Bonchev–Trinajstić information content (AvgIpc) is 3.15. The summed E-state index contributed by atoms with van der Waals surface area (Å²) in [6.07, 6.45) is 1.64. The van der Waals surface area contributed by atoms with Crippen LogP contribution in [0.25, 0.3) is 22.6 Å². The number of rotatable bonds is 5. The summed E-state index contributed by atoms with van der Waals surface area (Å²) in [7, 11) is 0. The first-order chi connectivity index (χ1) is 13.2. The van der Waals surface area contributed by atoms with Gasteiger partial charge in [-0.25, -0.2) is 9.97 Å². The van der Waals surface area contributed by atoms with Crippen LogP contribution < -0.4 is 5.32 Å². The smallest absolute Gasteiger partial charge is 0.251 e. The van der Waals surface area contributed by atoms with E-state index in [0.29, 0.717) is 34.1 Å². The van der Waals surface area contributed by atoms with E-state index in [-0.39, 0.29) is 5.91 Å². The molecule has 4 rings (SSSR count). The third kappa shape index (κ3) is 4.10. The number of pyridine rings is 1. The zero-order valence-corrected chi connectivity index (χ0v) is 15.5. The Hall–Kier alpha value is -2.48. The highest BCUT2D eigenvalue weighted by Crippen LogP contribution is 2.24. The third-order valence-corrected chi connectivity index (χ3v) is 4.88. The number of aromatic nitrogens is 3. The molecule has 0 unspecified atom stereocenters. The number of hydrogen-bond donors (Lipinski definition) is 2. The normalized spacial score (nSPS) is 15.1. The summed E-state index contributed by atoms with van der Waals surface area (Å²) >= 11 is 6.14. The number of hydrogen-bond acceptors (Lipinski definition) is 5. The van der Waals surface area contributed by atoms with Gasteiger partial charge in [-0.3, -0.25) is 9.69 Å². The van der Waals surface area contributed by atoms with Gasteiger partial charge in [0.25, 0.3) is 5.91 Å². The van der Waals surface area contributed by atoms with Gasteiger partial charge >= 0.3 is 0 Å². The Balaban J connectivity index is 1.38. The number of nitrogens with zero attached hydrogens (tertiary/aromatic N) is 3. The Morgan fingerprint density at radius 3 is 2.74 bits per heavy atom. The van der Waals surface area contributed by atoms with Gasteiger partial charge in [0.1, 0.15) is 11.3 Å². The molecule has 1 aliphatic rings. The van der Waals surface area contributed by atoms with Crippen molar-refractivity contribution in [2.75, 3.05) is 39.4 Å². The van der Waals surface area contributed by atoms with E-state index in [1.54, 1.807) is 24.4 Å². The van der Waals surface area contributed by atoms with Crippen molar-refractivity contribution in [1.82, 2.24) is 25.2 Å². The molecule has 1 aliphatic heterocycles. The topological polar surface area (TPSA) is 83.1 Å². The quantitative estimate of drug-likeness (QED) is 0.704. The molecule has 1 saturated heterocycles. The first kappa shape index (κ1) is 17.9. The van der Waals surface area contributed by atoms with E-state index < -0.39 is 0 Å². The highest BCUT2D eigenvalue weighted by atomic mass is 35.5. The van der Waals surface area contributed by atoms with E-state index in [0.717, 1.165) is 38.4 Å². The predicted octanol–water partition coefficient (Wildman–Crippen LogP) is 2.34. The summed E-state index contributed by atoms with van der Waals surface area (Å²) in [5.74, 6) is 0.592. The number of carbonyl (C=O) groups excluding carboxylic acids is 1. The zero-order valence-electron chi connectivity index (χ0n) is 14.7.